The smallest absolute Gasteiger partial charge is 0.263 e. The van der Waals surface area contributed by atoms with E-state index in [1.54, 1.807) is 24.3 Å². The van der Waals surface area contributed by atoms with Crippen LogP contribution in [-0.4, -0.2) is 17.5 Å². The number of carbonyl (C=O) groups excluding carboxylic acids is 1. The zero-order valence-electron chi connectivity index (χ0n) is 9.67. The average Bonchev–Trinajstić information content (AvgIpc) is 2.38. The number of nitrogens with one attached hydrogen (secondary N) is 1. The Labute approximate surface area is 105 Å². The van der Waals surface area contributed by atoms with Crippen LogP contribution in [-0.2, 0) is 4.79 Å². The maximum absolute atomic E-state index is 11.6. The largest absolute Gasteiger partial charge is 0.484 e. The third kappa shape index (κ3) is 3.48. The van der Waals surface area contributed by atoms with Gasteiger partial charge in [0, 0.05) is 18.0 Å². The third-order valence-corrected chi connectivity index (χ3v) is 2.16. The Morgan fingerprint density at radius 3 is 2.78 bits per heavy atom. The van der Waals surface area contributed by atoms with Crippen molar-refractivity contribution in [2.75, 3.05) is 17.7 Å². The van der Waals surface area contributed by atoms with Crippen LogP contribution in [0.5, 0.6) is 5.75 Å². The summed E-state index contributed by atoms with van der Waals surface area (Å²) in [6.45, 7) is -0.0690. The van der Waals surface area contributed by atoms with E-state index in [2.05, 4.69) is 10.3 Å². The first kappa shape index (κ1) is 11.9. The van der Waals surface area contributed by atoms with Crippen molar-refractivity contribution in [2.24, 2.45) is 0 Å². The molecule has 1 amide bonds. The molecule has 5 nitrogen and oxygen atoms in total. The van der Waals surface area contributed by atoms with Crippen molar-refractivity contribution in [1.82, 2.24) is 4.98 Å². The molecule has 0 radical (unpaired) electrons. The molecule has 0 unspecified atom stereocenters. The van der Waals surface area contributed by atoms with Crippen LogP contribution in [0.1, 0.15) is 0 Å². The number of aromatic nitrogens is 1. The summed E-state index contributed by atoms with van der Waals surface area (Å²) in [6.07, 6.45) is 1.53. The van der Waals surface area contributed by atoms with Gasteiger partial charge in [0.05, 0.1) is 0 Å². The maximum Gasteiger partial charge on any atom is 0.263 e. The number of benzene rings is 1. The van der Waals surface area contributed by atoms with Crippen LogP contribution >= 0.6 is 0 Å². The molecule has 92 valence electrons. The minimum absolute atomic E-state index is 0.0690. The van der Waals surface area contributed by atoms with Crippen molar-refractivity contribution in [3.05, 3.63) is 48.7 Å². The monoisotopic (exact) mass is 243 g/mol. The molecule has 1 aromatic carbocycles. The summed E-state index contributed by atoms with van der Waals surface area (Å²) in [6, 6.07) is 12.4. The summed E-state index contributed by atoms with van der Waals surface area (Å²) < 4.78 is 5.30. The van der Waals surface area contributed by atoms with Crippen LogP contribution in [0.2, 0.25) is 0 Å². The van der Waals surface area contributed by atoms with Gasteiger partial charge >= 0.3 is 0 Å². The predicted octanol–water partition coefficient (Wildman–Crippen LogP) is 1.68. The summed E-state index contributed by atoms with van der Waals surface area (Å²) in [5.41, 5.74) is 6.12. The second-order valence-corrected chi connectivity index (χ2v) is 3.62. The Hall–Kier alpha value is -2.56. The van der Waals surface area contributed by atoms with Crippen LogP contribution in [0.4, 0.5) is 11.5 Å². The highest BCUT2D eigenvalue weighted by molar-refractivity contribution is 5.91. The number of para-hydroxylation sites is 1. The Morgan fingerprint density at radius 2 is 2.06 bits per heavy atom. The first-order chi connectivity index (χ1) is 8.74. The van der Waals surface area contributed by atoms with Gasteiger partial charge in [0.25, 0.3) is 5.91 Å². The number of carbonyl (C=O) groups is 1. The minimum atomic E-state index is -0.281. The van der Waals surface area contributed by atoms with E-state index in [1.807, 2.05) is 18.2 Å². The molecular weight excluding hydrogens is 230 g/mol. The minimum Gasteiger partial charge on any atom is -0.484 e. The third-order valence-electron chi connectivity index (χ3n) is 2.16. The van der Waals surface area contributed by atoms with E-state index < -0.39 is 0 Å². The normalized spacial score (nSPS) is 9.78. The quantitative estimate of drug-likeness (QED) is 0.856. The van der Waals surface area contributed by atoms with Gasteiger partial charge in [0.1, 0.15) is 11.6 Å². The van der Waals surface area contributed by atoms with Crippen LogP contribution < -0.4 is 15.8 Å². The number of pyridine rings is 1. The summed E-state index contributed by atoms with van der Waals surface area (Å²) in [4.78, 5) is 15.5. The molecular formula is C13H13N3O2. The zero-order valence-corrected chi connectivity index (χ0v) is 9.67. The van der Waals surface area contributed by atoms with E-state index in [4.69, 9.17) is 10.5 Å². The van der Waals surface area contributed by atoms with Crippen molar-refractivity contribution in [3.63, 3.8) is 0 Å². The van der Waals surface area contributed by atoms with Gasteiger partial charge in [-0.1, -0.05) is 18.2 Å². The second kappa shape index (κ2) is 5.67. The van der Waals surface area contributed by atoms with E-state index in [-0.39, 0.29) is 12.5 Å². The fourth-order valence-corrected chi connectivity index (χ4v) is 1.36. The molecule has 2 aromatic rings. The van der Waals surface area contributed by atoms with E-state index >= 15 is 0 Å². The lowest BCUT2D eigenvalue weighted by Gasteiger charge is -2.07. The number of nitrogen functional groups attached to an aromatic ring is 1. The SMILES string of the molecule is Nc1ccnc(NC(=O)COc2ccccc2)c1. The highest BCUT2D eigenvalue weighted by Crippen LogP contribution is 2.09. The van der Waals surface area contributed by atoms with Gasteiger partial charge in [-0.3, -0.25) is 4.79 Å². The molecule has 0 atom stereocenters. The molecule has 1 aromatic heterocycles. The van der Waals surface area contributed by atoms with Crippen LogP contribution in [0.3, 0.4) is 0 Å². The lowest BCUT2D eigenvalue weighted by atomic mass is 10.3. The van der Waals surface area contributed by atoms with Crippen molar-refractivity contribution in [1.29, 1.82) is 0 Å². The number of anilines is 2. The number of nitrogens with two attached hydrogens (primary N) is 1. The Morgan fingerprint density at radius 1 is 1.28 bits per heavy atom. The summed E-state index contributed by atoms with van der Waals surface area (Å²) >= 11 is 0. The first-order valence-corrected chi connectivity index (χ1v) is 5.43. The molecule has 5 heteroatoms. The summed E-state index contributed by atoms with van der Waals surface area (Å²) in [5.74, 6) is 0.779. The Kier molecular flexibility index (Phi) is 3.76. The number of ether oxygens (including phenoxy) is 1. The van der Waals surface area contributed by atoms with E-state index in [0.29, 0.717) is 17.3 Å². The zero-order chi connectivity index (χ0) is 12.8. The molecule has 0 saturated carbocycles. The molecule has 3 N–H and O–H groups in total. The molecule has 0 aliphatic heterocycles. The van der Waals surface area contributed by atoms with Crippen molar-refractivity contribution < 1.29 is 9.53 Å². The van der Waals surface area contributed by atoms with E-state index in [0.717, 1.165) is 0 Å². The number of amides is 1. The molecule has 0 aliphatic rings. The van der Waals surface area contributed by atoms with Crippen molar-refractivity contribution in [2.45, 2.75) is 0 Å². The molecule has 2 rings (SSSR count). The van der Waals surface area contributed by atoms with Crippen LogP contribution in [0.15, 0.2) is 48.7 Å². The average molecular weight is 243 g/mol. The lowest BCUT2D eigenvalue weighted by Crippen LogP contribution is -2.20. The van der Waals surface area contributed by atoms with Gasteiger partial charge in [-0.2, -0.15) is 0 Å². The Balaban J connectivity index is 1.86. The molecule has 0 saturated heterocycles. The summed E-state index contributed by atoms with van der Waals surface area (Å²) in [7, 11) is 0. The highest BCUT2D eigenvalue weighted by Gasteiger charge is 2.04. The molecule has 18 heavy (non-hydrogen) atoms. The van der Waals surface area contributed by atoms with Crippen molar-refractivity contribution in [3.8, 4) is 5.75 Å². The number of rotatable bonds is 4. The molecule has 0 aliphatic carbocycles. The highest BCUT2D eigenvalue weighted by atomic mass is 16.5. The van der Waals surface area contributed by atoms with Gasteiger partial charge in [-0.25, -0.2) is 4.98 Å². The molecule has 0 spiro atoms. The lowest BCUT2D eigenvalue weighted by molar-refractivity contribution is -0.118. The maximum atomic E-state index is 11.6. The fourth-order valence-electron chi connectivity index (χ4n) is 1.36. The first-order valence-electron chi connectivity index (χ1n) is 5.43. The number of hydrogen-bond donors (Lipinski definition) is 2. The Bertz CT molecular complexity index is 529. The van der Waals surface area contributed by atoms with Gasteiger partial charge in [0.15, 0.2) is 6.61 Å². The van der Waals surface area contributed by atoms with Crippen LogP contribution in [0.25, 0.3) is 0 Å². The molecule has 0 bridgehead atoms. The number of nitrogens with zero attached hydrogens (tertiary/aromatic N) is 1. The number of hydrogen-bond acceptors (Lipinski definition) is 4. The van der Waals surface area contributed by atoms with Gasteiger partial charge in [-0.15, -0.1) is 0 Å². The van der Waals surface area contributed by atoms with Crippen molar-refractivity contribution >= 4 is 17.4 Å². The molecule has 1 heterocycles. The topological polar surface area (TPSA) is 77.2 Å². The second-order valence-electron chi connectivity index (χ2n) is 3.62. The fraction of sp³-hybridized carbons (Fsp3) is 0.0769. The molecule has 0 fully saturated rings. The van der Waals surface area contributed by atoms with Gasteiger partial charge in [0.2, 0.25) is 0 Å². The van der Waals surface area contributed by atoms with Gasteiger partial charge in [-0.05, 0) is 18.2 Å². The standard InChI is InChI=1S/C13H13N3O2/c14-10-6-7-15-12(8-10)16-13(17)9-18-11-4-2-1-3-5-11/h1-8H,9H2,(H3,14,15,16,17). The van der Waals surface area contributed by atoms with E-state index in [1.165, 1.54) is 6.20 Å². The van der Waals surface area contributed by atoms with E-state index in [9.17, 15) is 4.79 Å². The predicted molar refractivity (Wildman–Crippen MR) is 69.2 cm³/mol. The van der Waals surface area contributed by atoms with Crippen LogP contribution in [0, 0.1) is 0 Å². The summed E-state index contributed by atoms with van der Waals surface area (Å²) in [5, 5.41) is 2.60. The van der Waals surface area contributed by atoms with Gasteiger partial charge < -0.3 is 15.8 Å².